The van der Waals surface area contributed by atoms with Gasteiger partial charge in [0.15, 0.2) is 0 Å². The summed E-state index contributed by atoms with van der Waals surface area (Å²) in [6.45, 7) is 0. The average Bonchev–Trinajstić information content (AvgIpc) is 2.73. The van der Waals surface area contributed by atoms with Crippen molar-refractivity contribution in [1.82, 2.24) is 0 Å². The van der Waals surface area contributed by atoms with E-state index in [1.165, 1.54) is 12.1 Å². The molecule has 0 spiro atoms. The van der Waals surface area contributed by atoms with E-state index in [2.05, 4.69) is 10.5 Å². The van der Waals surface area contributed by atoms with Gasteiger partial charge in [0, 0.05) is 25.0 Å². The van der Waals surface area contributed by atoms with Crippen molar-refractivity contribution in [3.8, 4) is 0 Å². The predicted molar refractivity (Wildman–Crippen MR) is 110 cm³/mol. The first-order chi connectivity index (χ1) is 13.6. The summed E-state index contributed by atoms with van der Waals surface area (Å²) in [6.07, 6.45) is 0.191. The number of hydrazone groups is 1. The lowest BCUT2D eigenvalue weighted by Gasteiger charge is -2.15. The monoisotopic (exact) mass is 375 g/mol. The van der Waals surface area contributed by atoms with Gasteiger partial charge in [0.1, 0.15) is 0 Å². The van der Waals surface area contributed by atoms with Crippen molar-refractivity contribution >= 4 is 17.1 Å². The molecule has 0 aromatic heterocycles. The van der Waals surface area contributed by atoms with Crippen LogP contribution in [0, 0.1) is 10.1 Å². The summed E-state index contributed by atoms with van der Waals surface area (Å²) in [7, 11) is 0. The molecule has 2 N–H and O–H groups in total. The Morgan fingerprint density at radius 3 is 2.07 bits per heavy atom. The second-order valence-electron chi connectivity index (χ2n) is 6.39. The summed E-state index contributed by atoms with van der Waals surface area (Å²) in [5.41, 5.74) is 6.19. The van der Waals surface area contributed by atoms with Gasteiger partial charge in [-0.2, -0.15) is 5.10 Å². The van der Waals surface area contributed by atoms with Crippen LogP contribution in [0.15, 0.2) is 90.0 Å². The van der Waals surface area contributed by atoms with Crippen LogP contribution in [0.1, 0.15) is 11.1 Å². The number of rotatable bonds is 8. The van der Waals surface area contributed by atoms with Crippen LogP contribution in [0.4, 0.5) is 11.4 Å². The summed E-state index contributed by atoms with van der Waals surface area (Å²) < 4.78 is 0. The highest BCUT2D eigenvalue weighted by atomic mass is 16.6. The van der Waals surface area contributed by atoms with E-state index >= 15 is 0 Å². The molecule has 0 bridgehead atoms. The molecule has 0 aliphatic heterocycles. The van der Waals surface area contributed by atoms with Gasteiger partial charge in [0.05, 0.1) is 22.4 Å². The number of nitrogens with zero attached hydrogens (tertiary/aromatic N) is 2. The van der Waals surface area contributed by atoms with Gasteiger partial charge in [-0.3, -0.25) is 15.5 Å². The standard InChI is InChI=1S/C22H21N3O3/c26-22(16-18-9-5-2-6-10-18)21(15-17-7-3-1-4-8-17)24-23-19-11-13-20(14-12-19)25(27)28/h1-14,22-23,26H,15-16H2/b24-21+/t22-/m1/s1. The molecule has 0 radical (unpaired) electrons. The smallest absolute Gasteiger partial charge is 0.269 e. The third kappa shape index (κ3) is 5.49. The number of hydrogen-bond acceptors (Lipinski definition) is 5. The molecule has 0 amide bonds. The quantitative estimate of drug-likeness (QED) is 0.351. The van der Waals surface area contributed by atoms with E-state index in [-0.39, 0.29) is 5.69 Å². The molecule has 0 unspecified atom stereocenters. The molecule has 0 saturated carbocycles. The Morgan fingerprint density at radius 2 is 1.50 bits per heavy atom. The van der Waals surface area contributed by atoms with E-state index in [4.69, 9.17) is 0 Å². The second kappa shape index (κ2) is 9.43. The fraction of sp³-hybridized carbons (Fsp3) is 0.136. The van der Waals surface area contributed by atoms with Crippen LogP contribution < -0.4 is 5.43 Å². The molecule has 6 nitrogen and oxygen atoms in total. The number of aliphatic hydroxyl groups is 1. The molecule has 0 aliphatic carbocycles. The van der Waals surface area contributed by atoms with E-state index in [0.29, 0.717) is 24.2 Å². The first-order valence-electron chi connectivity index (χ1n) is 8.94. The summed E-state index contributed by atoms with van der Waals surface area (Å²) in [5.74, 6) is 0. The Hall–Kier alpha value is -3.51. The number of nitro benzene ring substituents is 1. The third-order valence-corrected chi connectivity index (χ3v) is 4.29. The normalized spacial score (nSPS) is 12.4. The SMILES string of the molecule is O=[N+]([O-])c1ccc(N/N=C(\Cc2ccccc2)[C@H](O)Cc2ccccc2)cc1. The van der Waals surface area contributed by atoms with Gasteiger partial charge in [0.2, 0.25) is 0 Å². The number of hydrogen-bond donors (Lipinski definition) is 2. The van der Waals surface area contributed by atoms with Crippen LogP contribution in [-0.4, -0.2) is 21.8 Å². The molecule has 3 rings (SSSR count). The van der Waals surface area contributed by atoms with E-state index in [9.17, 15) is 15.2 Å². The van der Waals surface area contributed by atoms with Crippen LogP contribution >= 0.6 is 0 Å². The maximum absolute atomic E-state index is 10.8. The highest BCUT2D eigenvalue weighted by Gasteiger charge is 2.15. The maximum Gasteiger partial charge on any atom is 0.269 e. The minimum Gasteiger partial charge on any atom is -0.387 e. The zero-order valence-corrected chi connectivity index (χ0v) is 15.2. The van der Waals surface area contributed by atoms with Crippen molar-refractivity contribution in [2.24, 2.45) is 5.10 Å². The second-order valence-corrected chi connectivity index (χ2v) is 6.39. The van der Waals surface area contributed by atoms with Crippen LogP contribution in [0.3, 0.4) is 0 Å². The van der Waals surface area contributed by atoms with E-state index < -0.39 is 11.0 Å². The van der Waals surface area contributed by atoms with Gasteiger partial charge in [0.25, 0.3) is 5.69 Å². The Bertz CT molecular complexity index is 926. The van der Waals surface area contributed by atoms with Gasteiger partial charge in [-0.05, 0) is 23.3 Å². The Morgan fingerprint density at radius 1 is 0.929 bits per heavy atom. The van der Waals surface area contributed by atoms with Crippen LogP contribution in [0.2, 0.25) is 0 Å². The summed E-state index contributed by atoms with van der Waals surface area (Å²) in [6, 6.07) is 25.5. The van der Waals surface area contributed by atoms with Crippen molar-refractivity contribution in [3.63, 3.8) is 0 Å². The number of nitro groups is 1. The fourth-order valence-electron chi connectivity index (χ4n) is 2.79. The Balaban J connectivity index is 1.78. The predicted octanol–water partition coefficient (Wildman–Crippen LogP) is 4.21. The minimum absolute atomic E-state index is 0.0168. The molecule has 0 saturated heterocycles. The largest absolute Gasteiger partial charge is 0.387 e. The van der Waals surface area contributed by atoms with Crippen molar-refractivity contribution in [2.45, 2.75) is 18.9 Å². The van der Waals surface area contributed by atoms with Crippen LogP contribution in [0.25, 0.3) is 0 Å². The van der Waals surface area contributed by atoms with Crippen LogP contribution in [-0.2, 0) is 12.8 Å². The van der Waals surface area contributed by atoms with E-state index in [0.717, 1.165) is 11.1 Å². The molecule has 3 aromatic carbocycles. The highest BCUT2D eigenvalue weighted by molar-refractivity contribution is 5.91. The fourth-order valence-corrected chi connectivity index (χ4v) is 2.79. The Labute approximate surface area is 163 Å². The summed E-state index contributed by atoms with van der Waals surface area (Å²) in [4.78, 5) is 10.3. The van der Waals surface area contributed by atoms with Crippen molar-refractivity contribution in [3.05, 3.63) is 106 Å². The molecule has 0 aliphatic rings. The number of non-ortho nitro benzene ring substituents is 1. The first-order valence-corrected chi connectivity index (χ1v) is 8.94. The van der Waals surface area contributed by atoms with Crippen molar-refractivity contribution in [1.29, 1.82) is 0 Å². The van der Waals surface area contributed by atoms with Crippen molar-refractivity contribution in [2.75, 3.05) is 5.43 Å². The molecule has 28 heavy (non-hydrogen) atoms. The summed E-state index contributed by atoms with van der Waals surface area (Å²) >= 11 is 0. The number of aliphatic hydroxyl groups excluding tert-OH is 1. The first kappa shape index (κ1) is 19.3. The highest BCUT2D eigenvalue weighted by Crippen LogP contribution is 2.16. The van der Waals surface area contributed by atoms with Gasteiger partial charge in [-0.15, -0.1) is 0 Å². The number of anilines is 1. The molecule has 0 heterocycles. The Kier molecular flexibility index (Phi) is 6.49. The topological polar surface area (TPSA) is 87.8 Å². The average molecular weight is 375 g/mol. The maximum atomic E-state index is 10.8. The summed E-state index contributed by atoms with van der Waals surface area (Å²) in [5, 5.41) is 25.9. The van der Waals surface area contributed by atoms with Gasteiger partial charge in [-0.1, -0.05) is 60.7 Å². The van der Waals surface area contributed by atoms with Gasteiger partial charge in [-0.25, -0.2) is 0 Å². The number of nitrogens with one attached hydrogen (secondary N) is 1. The molecule has 0 fully saturated rings. The van der Waals surface area contributed by atoms with Crippen molar-refractivity contribution < 1.29 is 10.0 Å². The lowest BCUT2D eigenvalue weighted by atomic mass is 9.99. The molecule has 3 aromatic rings. The van der Waals surface area contributed by atoms with E-state index in [1.54, 1.807) is 12.1 Å². The minimum atomic E-state index is -0.756. The lowest BCUT2D eigenvalue weighted by molar-refractivity contribution is -0.384. The molecule has 6 heteroatoms. The molecular formula is C22H21N3O3. The lowest BCUT2D eigenvalue weighted by Crippen LogP contribution is -2.26. The number of benzene rings is 3. The zero-order chi connectivity index (χ0) is 19.8. The molecule has 142 valence electrons. The molecular weight excluding hydrogens is 354 g/mol. The van der Waals surface area contributed by atoms with E-state index in [1.807, 2.05) is 60.7 Å². The van der Waals surface area contributed by atoms with Crippen LogP contribution in [0.5, 0.6) is 0 Å². The zero-order valence-electron chi connectivity index (χ0n) is 15.2. The van der Waals surface area contributed by atoms with Gasteiger partial charge >= 0.3 is 0 Å². The van der Waals surface area contributed by atoms with Gasteiger partial charge < -0.3 is 5.11 Å². The molecule has 1 atom stereocenters. The third-order valence-electron chi connectivity index (χ3n) is 4.29.